The molecule has 0 saturated carbocycles. The summed E-state index contributed by atoms with van der Waals surface area (Å²) in [7, 11) is -3.36. The number of amides is 1. The van der Waals surface area contributed by atoms with E-state index in [9.17, 15) is 22.0 Å². The second-order valence-electron chi connectivity index (χ2n) is 8.80. The molecule has 2 heterocycles. The van der Waals surface area contributed by atoms with E-state index in [0.717, 1.165) is 6.26 Å². The number of alkyl halides is 2. The van der Waals surface area contributed by atoms with Gasteiger partial charge in [0.2, 0.25) is 0 Å². The maximum atomic E-state index is 13.5. The summed E-state index contributed by atoms with van der Waals surface area (Å²) in [5, 5.41) is 0. The summed E-state index contributed by atoms with van der Waals surface area (Å²) < 4.78 is 59.2. The van der Waals surface area contributed by atoms with E-state index < -0.39 is 16.4 Å². The Balaban J connectivity index is 1.46. The SMILES string of the molecule is CS(=O)(=O)c1ccc(C(=O)N(Cc2ccco2)C2CCN(Cc3ccccc3OC(F)F)CC2)cc1. The van der Waals surface area contributed by atoms with Crippen molar-refractivity contribution in [2.24, 2.45) is 0 Å². The lowest BCUT2D eigenvalue weighted by Crippen LogP contribution is -2.46. The average Bonchev–Trinajstić information content (AvgIpc) is 3.37. The molecule has 7 nitrogen and oxygen atoms in total. The van der Waals surface area contributed by atoms with Gasteiger partial charge in [-0.2, -0.15) is 8.78 Å². The molecule has 1 aliphatic rings. The Morgan fingerprint density at radius 3 is 2.39 bits per heavy atom. The predicted molar refractivity (Wildman–Crippen MR) is 130 cm³/mol. The van der Waals surface area contributed by atoms with Crippen LogP contribution in [0, 0.1) is 0 Å². The van der Waals surface area contributed by atoms with Crippen molar-refractivity contribution in [3.63, 3.8) is 0 Å². The molecule has 0 radical (unpaired) electrons. The molecule has 0 spiro atoms. The van der Waals surface area contributed by atoms with Crippen LogP contribution in [0.4, 0.5) is 8.78 Å². The smallest absolute Gasteiger partial charge is 0.387 e. The van der Waals surface area contributed by atoms with E-state index in [0.29, 0.717) is 49.4 Å². The van der Waals surface area contributed by atoms with Gasteiger partial charge >= 0.3 is 6.61 Å². The zero-order chi connectivity index (χ0) is 25.7. The molecule has 1 fully saturated rings. The number of carbonyl (C=O) groups is 1. The second kappa shape index (κ2) is 11.2. The van der Waals surface area contributed by atoms with E-state index in [1.807, 2.05) is 6.07 Å². The molecule has 1 aliphatic heterocycles. The Bertz CT molecular complexity index is 1260. The third kappa shape index (κ3) is 6.50. The summed E-state index contributed by atoms with van der Waals surface area (Å²) >= 11 is 0. The zero-order valence-electron chi connectivity index (χ0n) is 19.8. The Morgan fingerprint density at radius 2 is 1.78 bits per heavy atom. The molecule has 1 amide bonds. The first-order valence-electron chi connectivity index (χ1n) is 11.6. The maximum Gasteiger partial charge on any atom is 0.387 e. The van der Waals surface area contributed by atoms with E-state index in [1.54, 1.807) is 35.4 Å². The van der Waals surface area contributed by atoms with Crippen molar-refractivity contribution >= 4 is 15.7 Å². The highest BCUT2D eigenvalue weighted by Gasteiger charge is 2.30. The predicted octanol–water partition coefficient (Wildman–Crippen LogP) is 4.59. The Morgan fingerprint density at radius 1 is 1.08 bits per heavy atom. The molecule has 0 bridgehead atoms. The molecule has 0 unspecified atom stereocenters. The number of likely N-dealkylation sites (tertiary alicyclic amines) is 1. The van der Waals surface area contributed by atoms with Crippen molar-refractivity contribution in [1.82, 2.24) is 9.80 Å². The molecule has 0 N–H and O–H groups in total. The van der Waals surface area contributed by atoms with Crippen LogP contribution in [0.1, 0.15) is 34.5 Å². The van der Waals surface area contributed by atoms with Gasteiger partial charge in [-0.15, -0.1) is 0 Å². The van der Waals surface area contributed by atoms with Crippen molar-refractivity contribution < 1.29 is 31.1 Å². The second-order valence-corrected chi connectivity index (χ2v) is 10.8. The third-order valence-electron chi connectivity index (χ3n) is 6.28. The van der Waals surface area contributed by atoms with Gasteiger partial charge in [-0.25, -0.2) is 8.42 Å². The Labute approximate surface area is 209 Å². The number of rotatable bonds is 9. The number of para-hydroxylation sites is 1. The highest BCUT2D eigenvalue weighted by molar-refractivity contribution is 7.90. The van der Waals surface area contributed by atoms with Crippen molar-refractivity contribution in [2.45, 2.75) is 43.5 Å². The Hall–Kier alpha value is -3.24. The van der Waals surface area contributed by atoms with Crippen LogP contribution in [0.25, 0.3) is 0 Å². The summed E-state index contributed by atoms with van der Waals surface area (Å²) in [6.07, 6.45) is 4.05. The van der Waals surface area contributed by atoms with Crippen LogP contribution in [0.5, 0.6) is 5.75 Å². The van der Waals surface area contributed by atoms with Gasteiger partial charge in [0, 0.05) is 43.1 Å². The first-order valence-corrected chi connectivity index (χ1v) is 13.5. The van der Waals surface area contributed by atoms with Crippen molar-refractivity contribution in [3.8, 4) is 5.75 Å². The fourth-order valence-electron chi connectivity index (χ4n) is 4.42. The minimum Gasteiger partial charge on any atom is -0.467 e. The molecule has 10 heteroatoms. The van der Waals surface area contributed by atoms with Crippen LogP contribution in [-0.2, 0) is 22.9 Å². The number of ether oxygens (including phenoxy) is 1. The molecular formula is C26H28F2N2O5S. The number of piperidine rings is 1. The van der Waals surface area contributed by atoms with Crippen LogP contribution in [-0.4, -0.2) is 56.1 Å². The summed E-state index contributed by atoms with van der Waals surface area (Å²) in [5.41, 5.74) is 1.08. The van der Waals surface area contributed by atoms with Gasteiger partial charge in [0.05, 0.1) is 17.7 Å². The highest BCUT2D eigenvalue weighted by Crippen LogP contribution is 2.26. The summed E-state index contributed by atoms with van der Waals surface area (Å²) in [6.45, 7) is -0.792. The lowest BCUT2D eigenvalue weighted by molar-refractivity contribution is -0.0508. The van der Waals surface area contributed by atoms with E-state index >= 15 is 0 Å². The molecule has 2 aromatic carbocycles. The van der Waals surface area contributed by atoms with Gasteiger partial charge in [-0.05, 0) is 55.3 Å². The fraction of sp³-hybridized carbons (Fsp3) is 0.346. The topological polar surface area (TPSA) is 80.1 Å². The number of carbonyl (C=O) groups excluding carboxylic acids is 1. The van der Waals surface area contributed by atoms with Gasteiger partial charge in [0.1, 0.15) is 11.5 Å². The largest absolute Gasteiger partial charge is 0.467 e. The molecule has 3 aromatic rings. The van der Waals surface area contributed by atoms with Crippen LogP contribution in [0.15, 0.2) is 76.2 Å². The average molecular weight is 519 g/mol. The summed E-state index contributed by atoms with van der Waals surface area (Å²) in [5.74, 6) is 0.610. The van der Waals surface area contributed by atoms with E-state index in [1.165, 1.54) is 30.3 Å². The van der Waals surface area contributed by atoms with E-state index in [2.05, 4.69) is 9.64 Å². The molecule has 192 valence electrons. The van der Waals surface area contributed by atoms with E-state index in [-0.39, 0.29) is 29.1 Å². The van der Waals surface area contributed by atoms with Gasteiger partial charge in [-0.1, -0.05) is 18.2 Å². The molecule has 0 atom stereocenters. The van der Waals surface area contributed by atoms with Crippen LogP contribution in [0.2, 0.25) is 0 Å². The minimum atomic E-state index is -3.36. The standard InChI is InChI=1S/C26H28F2N2O5S/c1-36(32,33)23-10-8-19(9-11-23)25(31)30(18-22-6-4-16-34-22)21-12-14-29(15-13-21)17-20-5-2-3-7-24(20)35-26(27)28/h2-11,16,21,26H,12-15,17-18H2,1H3. The van der Waals surface area contributed by atoms with Crippen LogP contribution >= 0.6 is 0 Å². The van der Waals surface area contributed by atoms with Gasteiger partial charge in [0.15, 0.2) is 9.84 Å². The highest BCUT2D eigenvalue weighted by atomic mass is 32.2. The first kappa shape index (κ1) is 25.8. The molecule has 1 aromatic heterocycles. The number of sulfone groups is 1. The summed E-state index contributed by atoms with van der Waals surface area (Å²) in [6, 6.07) is 16.2. The maximum absolute atomic E-state index is 13.5. The number of hydrogen-bond donors (Lipinski definition) is 0. The van der Waals surface area contributed by atoms with Gasteiger partial charge < -0.3 is 14.1 Å². The van der Waals surface area contributed by atoms with Gasteiger partial charge in [-0.3, -0.25) is 9.69 Å². The normalized spacial score (nSPS) is 15.2. The molecule has 1 saturated heterocycles. The van der Waals surface area contributed by atoms with Crippen LogP contribution in [0.3, 0.4) is 0 Å². The minimum absolute atomic E-state index is 0.0685. The van der Waals surface area contributed by atoms with E-state index in [4.69, 9.17) is 4.42 Å². The van der Waals surface area contributed by atoms with Crippen molar-refractivity contribution in [2.75, 3.05) is 19.3 Å². The van der Waals surface area contributed by atoms with Crippen LogP contribution < -0.4 is 4.74 Å². The zero-order valence-corrected chi connectivity index (χ0v) is 20.7. The number of furan rings is 1. The molecular weight excluding hydrogens is 490 g/mol. The Kier molecular flexibility index (Phi) is 8.05. The number of benzene rings is 2. The summed E-state index contributed by atoms with van der Waals surface area (Å²) in [4.78, 5) is 17.6. The number of nitrogens with zero attached hydrogens (tertiary/aromatic N) is 2. The quantitative estimate of drug-likeness (QED) is 0.412. The molecule has 4 rings (SSSR count). The van der Waals surface area contributed by atoms with Crippen molar-refractivity contribution in [1.29, 1.82) is 0 Å². The fourth-order valence-corrected chi connectivity index (χ4v) is 5.05. The molecule has 36 heavy (non-hydrogen) atoms. The van der Waals surface area contributed by atoms with Crippen molar-refractivity contribution in [3.05, 3.63) is 83.8 Å². The lowest BCUT2D eigenvalue weighted by atomic mass is 10.0. The third-order valence-corrected chi connectivity index (χ3v) is 7.41. The lowest BCUT2D eigenvalue weighted by Gasteiger charge is -2.38. The number of hydrogen-bond acceptors (Lipinski definition) is 6. The number of halogens is 2. The first-order chi connectivity index (χ1) is 17.2. The van der Waals surface area contributed by atoms with Gasteiger partial charge in [0.25, 0.3) is 5.91 Å². The monoisotopic (exact) mass is 518 g/mol. The molecule has 0 aliphatic carbocycles.